The zero-order valence-electron chi connectivity index (χ0n) is 8.05. The van der Waals surface area contributed by atoms with Crippen LogP contribution in [0.15, 0.2) is 24.3 Å². The average Bonchev–Trinajstić information content (AvgIpc) is 2.10. The van der Waals surface area contributed by atoms with Crippen molar-refractivity contribution < 1.29 is 5.11 Å². The van der Waals surface area contributed by atoms with Gasteiger partial charge in [0.25, 0.3) is 0 Å². The first-order valence-electron chi connectivity index (χ1n) is 4.74. The van der Waals surface area contributed by atoms with E-state index in [1.54, 1.807) is 0 Å². The lowest BCUT2D eigenvalue weighted by Crippen LogP contribution is -1.88. The van der Waals surface area contributed by atoms with Gasteiger partial charge >= 0.3 is 0 Å². The molecule has 0 amide bonds. The third kappa shape index (κ3) is 6.17. The Morgan fingerprint density at radius 1 is 1.42 bits per heavy atom. The molecule has 1 N–H and O–H groups in total. The lowest BCUT2D eigenvalue weighted by molar-refractivity contribution is 0.328. The van der Waals surface area contributed by atoms with E-state index in [1.165, 1.54) is 19.3 Å². The molecule has 0 heterocycles. The summed E-state index contributed by atoms with van der Waals surface area (Å²) in [5.74, 6) is 0. The Bertz CT molecular complexity index is 136. The molecule has 1 heteroatoms. The molecule has 0 aliphatic carbocycles. The van der Waals surface area contributed by atoms with Crippen molar-refractivity contribution in [2.75, 3.05) is 6.61 Å². The molecule has 0 fully saturated rings. The van der Waals surface area contributed by atoms with Crippen molar-refractivity contribution in [2.24, 2.45) is 0 Å². The van der Waals surface area contributed by atoms with Crippen molar-refractivity contribution in [2.45, 2.75) is 39.0 Å². The molecule has 0 saturated carbocycles. The van der Waals surface area contributed by atoms with Gasteiger partial charge in [-0.05, 0) is 24.8 Å². The van der Waals surface area contributed by atoms with Gasteiger partial charge in [0, 0.05) is 0 Å². The number of hydrogen-bond acceptors (Lipinski definition) is 1. The zero-order chi connectivity index (χ0) is 9.23. The van der Waals surface area contributed by atoms with Gasteiger partial charge in [0.05, 0.1) is 6.61 Å². The zero-order valence-corrected chi connectivity index (χ0v) is 8.05. The number of allylic oxidation sites excluding steroid dienone is 2. The topological polar surface area (TPSA) is 20.2 Å². The van der Waals surface area contributed by atoms with E-state index in [2.05, 4.69) is 19.6 Å². The van der Waals surface area contributed by atoms with Crippen molar-refractivity contribution in [3.8, 4) is 0 Å². The van der Waals surface area contributed by atoms with Crippen molar-refractivity contribution in [3.05, 3.63) is 24.3 Å². The third-order valence-electron chi connectivity index (χ3n) is 1.85. The Labute approximate surface area is 75.8 Å². The van der Waals surface area contributed by atoms with E-state index in [-0.39, 0.29) is 6.61 Å². The second kappa shape index (κ2) is 8.54. The molecule has 0 unspecified atom stereocenters. The molecule has 0 saturated heterocycles. The molecule has 0 aromatic heterocycles. The predicted octanol–water partition coefficient (Wildman–Crippen LogP) is 3.06. The average molecular weight is 168 g/mol. The summed E-state index contributed by atoms with van der Waals surface area (Å²) >= 11 is 0. The summed E-state index contributed by atoms with van der Waals surface area (Å²) in [6.45, 7) is 6.01. The van der Waals surface area contributed by atoms with E-state index in [0.29, 0.717) is 0 Å². The van der Waals surface area contributed by atoms with Crippen LogP contribution < -0.4 is 0 Å². The summed E-state index contributed by atoms with van der Waals surface area (Å²) < 4.78 is 0. The Kier molecular flexibility index (Phi) is 8.14. The van der Waals surface area contributed by atoms with Gasteiger partial charge in [0.15, 0.2) is 0 Å². The normalized spacial score (nSPS) is 11.7. The Hall–Kier alpha value is -0.560. The SMILES string of the molecule is C=CCC(=CCCCCC)CO. The molecule has 0 atom stereocenters. The highest BCUT2D eigenvalue weighted by Crippen LogP contribution is 2.06. The molecule has 0 aliphatic heterocycles. The minimum Gasteiger partial charge on any atom is -0.392 e. The number of aliphatic hydroxyl groups excluding tert-OH is 1. The molecule has 0 aromatic rings. The number of aliphatic hydroxyl groups is 1. The summed E-state index contributed by atoms with van der Waals surface area (Å²) in [7, 11) is 0. The lowest BCUT2D eigenvalue weighted by atomic mass is 10.1. The highest BCUT2D eigenvalue weighted by atomic mass is 16.3. The quantitative estimate of drug-likeness (QED) is 0.457. The molecule has 0 aromatic carbocycles. The van der Waals surface area contributed by atoms with Gasteiger partial charge in [-0.1, -0.05) is 31.9 Å². The summed E-state index contributed by atoms with van der Waals surface area (Å²) in [6.07, 6.45) is 9.66. The fourth-order valence-corrected chi connectivity index (χ4v) is 1.10. The van der Waals surface area contributed by atoms with Crippen molar-refractivity contribution in [1.29, 1.82) is 0 Å². The van der Waals surface area contributed by atoms with Gasteiger partial charge < -0.3 is 5.11 Å². The number of hydrogen-bond donors (Lipinski definition) is 1. The van der Waals surface area contributed by atoms with Crippen LogP contribution in [0.2, 0.25) is 0 Å². The van der Waals surface area contributed by atoms with Crippen LogP contribution in [0.4, 0.5) is 0 Å². The maximum absolute atomic E-state index is 8.90. The van der Waals surface area contributed by atoms with Gasteiger partial charge in [-0.15, -0.1) is 6.58 Å². The second-order valence-corrected chi connectivity index (χ2v) is 3.01. The monoisotopic (exact) mass is 168 g/mol. The van der Waals surface area contributed by atoms with Crippen LogP contribution in [0.3, 0.4) is 0 Å². The third-order valence-corrected chi connectivity index (χ3v) is 1.85. The van der Waals surface area contributed by atoms with Crippen molar-refractivity contribution in [3.63, 3.8) is 0 Å². The molecule has 70 valence electrons. The Morgan fingerprint density at radius 2 is 2.17 bits per heavy atom. The highest BCUT2D eigenvalue weighted by Gasteiger charge is 1.91. The van der Waals surface area contributed by atoms with Crippen molar-refractivity contribution >= 4 is 0 Å². The van der Waals surface area contributed by atoms with Gasteiger partial charge in [-0.3, -0.25) is 0 Å². The van der Waals surface area contributed by atoms with Crippen LogP contribution in [-0.4, -0.2) is 11.7 Å². The molecule has 0 rings (SSSR count). The van der Waals surface area contributed by atoms with Gasteiger partial charge in [-0.25, -0.2) is 0 Å². The van der Waals surface area contributed by atoms with Crippen LogP contribution >= 0.6 is 0 Å². The summed E-state index contributed by atoms with van der Waals surface area (Å²) in [5, 5.41) is 8.90. The van der Waals surface area contributed by atoms with Gasteiger partial charge in [0.2, 0.25) is 0 Å². The highest BCUT2D eigenvalue weighted by molar-refractivity contribution is 5.06. The van der Waals surface area contributed by atoms with E-state index < -0.39 is 0 Å². The maximum atomic E-state index is 8.90. The molecule has 0 radical (unpaired) electrons. The van der Waals surface area contributed by atoms with Crippen LogP contribution in [0.25, 0.3) is 0 Å². The minimum absolute atomic E-state index is 0.179. The van der Waals surface area contributed by atoms with E-state index in [4.69, 9.17) is 5.11 Å². The van der Waals surface area contributed by atoms with E-state index in [1.807, 2.05) is 6.08 Å². The van der Waals surface area contributed by atoms with Crippen LogP contribution in [0, 0.1) is 0 Å². The fraction of sp³-hybridized carbons (Fsp3) is 0.636. The second-order valence-electron chi connectivity index (χ2n) is 3.01. The van der Waals surface area contributed by atoms with Crippen LogP contribution in [-0.2, 0) is 0 Å². The Balaban J connectivity index is 3.54. The maximum Gasteiger partial charge on any atom is 0.0644 e. The lowest BCUT2D eigenvalue weighted by Gasteiger charge is -1.99. The smallest absolute Gasteiger partial charge is 0.0644 e. The van der Waals surface area contributed by atoms with Crippen LogP contribution in [0.5, 0.6) is 0 Å². The molecule has 12 heavy (non-hydrogen) atoms. The van der Waals surface area contributed by atoms with Gasteiger partial charge in [-0.2, -0.15) is 0 Å². The van der Waals surface area contributed by atoms with E-state index >= 15 is 0 Å². The van der Waals surface area contributed by atoms with Gasteiger partial charge in [0.1, 0.15) is 0 Å². The van der Waals surface area contributed by atoms with E-state index in [9.17, 15) is 0 Å². The molecule has 1 nitrogen and oxygen atoms in total. The summed E-state index contributed by atoms with van der Waals surface area (Å²) in [4.78, 5) is 0. The first-order valence-corrected chi connectivity index (χ1v) is 4.74. The summed E-state index contributed by atoms with van der Waals surface area (Å²) in [6, 6.07) is 0. The predicted molar refractivity (Wildman–Crippen MR) is 54.1 cm³/mol. The molecule has 0 aliphatic rings. The molecule has 0 spiro atoms. The van der Waals surface area contributed by atoms with Crippen molar-refractivity contribution in [1.82, 2.24) is 0 Å². The summed E-state index contributed by atoms with van der Waals surface area (Å²) in [5.41, 5.74) is 1.10. The largest absolute Gasteiger partial charge is 0.392 e. The van der Waals surface area contributed by atoms with Crippen LogP contribution in [0.1, 0.15) is 39.0 Å². The molecular weight excluding hydrogens is 148 g/mol. The first-order chi connectivity index (χ1) is 5.85. The Morgan fingerprint density at radius 3 is 2.67 bits per heavy atom. The number of rotatable bonds is 7. The minimum atomic E-state index is 0.179. The molecular formula is C11H20O. The van der Waals surface area contributed by atoms with E-state index in [0.717, 1.165) is 18.4 Å². The molecule has 0 bridgehead atoms. The first kappa shape index (κ1) is 11.4. The fourth-order valence-electron chi connectivity index (χ4n) is 1.10. The number of unbranched alkanes of at least 4 members (excludes halogenated alkanes) is 3. The standard InChI is InChI=1S/C11H20O/c1-3-5-6-7-9-11(10-12)8-4-2/h4,9,12H,2-3,5-8,10H2,1H3.